The lowest BCUT2D eigenvalue weighted by atomic mass is 9.96. The van der Waals surface area contributed by atoms with Gasteiger partial charge in [-0.1, -0.05) is 146 Å². The Kier molecular flexibility index (Phi) is 9.69. The fraction of sp³-hybridized carbons (Fsp3) is 0.0164. The molecule has 0 spiro atoms. The molecule has 0 unspecified atom stereocenters. The van der Waals surface area contributed by atoms with Crippen LogP contribution in [0.1, 0.15) is 5.56 Å². The molecule has 12 aromatic rings. The van der Waals surface area contributed by atoms with E-state index in [4.69, 9.17) is 0 Å². The van der Waals surface area contributed by atoms with Gasteiger partial charge in [-0.05, 0) is 118 Å². The first-order valence-corrected chi connectivity index (χ1v) is 22.3. The zero-order valence-electron chi connectivity index (χ0n) is 36.4. The summed E-state index contributed by atoms with van der Waals surface area (Å²) < 4.78 is 82.3. The van der Waals surface area contributed by atoms with E-state index in [2.05, 4.69) is 77.4 Å². The molecule has 0 saturated carbocycles. The first-order valence-electron chi connectivity index (χ1n) is 22.3. The SMILES string of the molecule is Cc1c(-n2c3ccc(-c4ccccc4)cc3c3cc(-c4ccccc4)ccc32)ccc(-c2c(F)c(F)c(F)c(F)c2F)c1-n1c2ccc(-c3ccccc3)cc2c2cc(-c3ccccc3)ccc21. The minimum atomic E-state index is -2.22. The molecule has 0 amide bonds. The standard InChI is InChI=1S/C61H37F5N2/c1-36-50(67-51-27-22-41(37-14-6-2-7-15-37)32-46(51)47-33-42(23-28-52(47)67)38-16-8-3-9-17-38)31-26-45(55-56(62)58(64)60(66)59(65)57(55)63)61(36)68-53-29-24-43(39-18-10-4-11-19-39)34-48(53)49-35-44(25-30-54(49)68)40-20-12-5-13-21-40/h2-35H,1H3. The van der Waals surface area contributed by atoms with Gasteiger partial charge in [0.15, 0.2) is 23.3 Å². The Balaban J connectivity index is 1.20. The van der Waals surface area contributed by atoms with Crippen molar-refractivity contribution in [1.82, 2.24) is 9.13 Å². The van der Waals surface area contributed by atoms with E-state index >= 15 is 17.6 Å². The smallest absolute Gasteiger partial charge is 0.200 e. The number of hydrogen-bond acceptors (Lipinski definition) is 0. The second-order valence-electron chi connectivity index (χ2n) is 17.1. The van der Waals surface area contributed by atoms with Crippen LogP contribution in [0.25, 0.3) is 111 Å². The molecule has 10 aromatic carbocycles. The van der Waals surface area contributed by atoms with Crippen LogP contribution in [-0.2, 0) is 0 Å². The number of benzene rings is 10. The summed E-state index contributed by atoms with van der Waals surface area (Å²) in [5, 5.41) is 3.63. The number of nitrogens with zero attached hydrogens (tertiary/aromatic N) is 2. The Labute approximate surface area is 388 Å². The molecular weight excluding hydrogens is 856 g/mol. The molecule has 0 aliphatic rings. The number of aromatic nitrogens is 2. The lowest BCUT2D eigenvalue weighted by Crippen LogP contribution is -2.09. The monoisotopic (exact) mass is 892 g/mol. The molecule has 0 bridgehead atoms. The number of hydrogen-bond donors (Lipinski definition) is 0. The molecule has 0 fully saturated rings. The average molecular weight is 893 g/mol. The second kappa shape index (κ2) is 16.1. The Morgan fingerprint density at radius 1 is 0.294 bits per heavy atom. The fourth-order valence-corrected chi connectivity index (χ4v) is 10.1. The third-order valence-electron chi connectivity index (χ3n) is 13.3. The van der Waals surface area contributed by atoms with Gasteiger partial charge >= 0.3 is 0 Å². The van der Waals surface area contributed by atoms with Crippen LogP contribution >= 0.6 is 0 Å². The molecule has 0 atom stereocenters. The first kappa shape index (κ1) is 40.9. The number of rotatable bonds is 7. The maximum Gasteiger partial charge on any atom is 0.200 e. The molecule has 12 rings (SSSR count). The van der Waals surface area contributed by atoms with Gasteiger partial charge in [0.1, 0.15) is 0 Å². The van der Waals surface area contributed by atoms with E-state index in [-0.39, 0.29) is 11.3 Å². The highest BCUT2D eigenvalue weighted by Gasteiger charge is 2.31. The van der Waals surface area contributed by atoms with Gasteiger partial charge in [0, 0.05) is 27.1 Å². The molecule has 2 heterocycles. The summed E-state index contributed by atoms with van der Waals surface area (Å²) >= 11 is 0. The van der Waals surface area contributed by atoms with E-state index < -0.39 is 34.6 Å². The molecular formula is C61H37F5N2. The highest BCUT2D eigenvalue weighted by atomic mass is 19.2. The highest BCUT2D eigenvalue weighted by Crippen LogP contribution is 2.46. The van der Waals surface area contributed by atoms with Crippen molar-refractivity contribution in [3.63, 3.8) is 0 Å². The van der Waals surface area contributed by atoms with Crippen molar-refractivity contribution < 1.29 is 22.0 Å². The van der Waals surface area contributed by atoms with Crippen LogP contribution in [0.15, 0.2) is 206 Å². The zero-order chi connectivity index (χ0) is 46.2. The summed E-state index contributed by atoms with van der Waals surface area (Å²) in [5.41, 5.74) is 11.4. The minimum Gasteiger partial charge on any atom is -0.309 e. The van der Waals surface area contributed by atoms with E-state index in [1.54, 1.807) is 6.07 Å². The highest BCUT2D eigenvalue weighted by molar-refractivity contribution is 6.14. The van der Waals surface area contributed by atoms with Gasteiger partial charge in [0.05, 0.1) is 39.0 Å². The summed E-state index contributed by atoms with van der Waals surface area (Å²) in [4.78, 5) is 0. The molecule has 0 aliphatic heterocycles. The van der Waals surface area contributed by atoms with Gasteiger partial charge in [-0.25, -0.2) is 22.0 Å². The lowest BCUT2D eigenvalue weighted by molar-refractivity contribution is 0.381. The van der Waals surface area contributed by atoms with Gasteiger partial charge in [-0.2, -0.15) is 0 Å². The summed E-state index contributed by atoms with van der Waals surface area (Å²) in [5.74, 6) is -10.1. The quantitative estimate of drug-likeness (QED) is 0.0857. The molecule has 2 nitrogen and oxygen atoms in total. The minimum absolute atomic E-state index is 0.157. The van der Waals surface area contributed by atoms with Crippen LogP contribution in [0.3, 0.4) is 0 Å². The van der Waals surface area contributed by atoms with Gasteiger partial charge in [0.2, 0.25) is 5.82 Å². The summed E-state index contributed by atoms with van der Waals surface area (Å²) in [6, 6.07) is 68.2. The average Bonchev–Trinajstić information content (AvgIpc) is 3.89. The largest absolute Gasteiger partial charge is 0.309 e. The van der Waals surface area contributed by atoms with Crippen molar-refractivity contribution in [2.45, 2.75) is 6.92 Å². The van der Waals surface area contributed by atoms with Crippen LogP contribution in [0, 0.1) is 36.0 Å². The topological polar surface area (TPSA) is 9.86 Å². The van der Waals surface area contributed by atoms with Crippen molar-refractivity contribution in [3.05, 3.63) is 241 Å². The van der Waals surface area contributed by atoms with Crippen LogP contribution in [0.4, 0.5) is 22.0 Å². The predicted molar refractivity (Wildman–Crippen MR) is 267 cm³/mol. The van der Waals surface area contributed by atoms with Crippen molar-refractivity contribution in [3.8, 4) is 67.0 Å². The van der Waals surface area contributed by atoms with Crippen LogP contribution in [0.2, 0.25) is 0 Å². The van der Waals surface area contributed by atoms with E-state index in [0.29, 0.717) is 22.3 Å². The molecule has 68 heavy (non-hydrogen) atoms. The molecule has 326 valence electrons. The van der Waals surface area contributed by atoms with Crippen molar-refractivity contribution in [1.29, 1.82) is 0 Å². The summed E-state index contributed by atoms with van der Waals surface area (Å²) in [7, 11) is 0. The molecule has 7 heteroatoms. The third-order valence-corrected chi connectivity index (χ3v) is 13.3. The summed E-state index contributed by atoms with van der Waals surface area (Å²) in [6.07, 6.45) is 0. The van der Waals surface area contributed by atoms with Gasteiger partial charge in [-0.15, -0.1) is 0 Å². The molecule has 0 N–H and O–H groups in total. The van der Waals surface area contributed by atoms with E-state index in [9.17, 15) is 4.39 Å². The third kappa shape index (κ3) is 6.45. The second-order valence-corrected chi connectivity index (χ2v) is 17.1. The van der Waals surface area contributed by atoms with Gasteiger partial charge < -0.3 is 9.13 Å². The Morgan fingerprint density at radius 3 is 0.941 bits per heavy atom. The Hall–Kier alpha value is -8.55. The molecule has 0 radical (unpaired) electrons. The predicted octanol–water partition coefficient (Wildman–Crippen LogP) is 17.2. The maximum absolute atomic E-state index is 16.4. The molecule has 2 aromatic heterocycles. The van der Waals surface area contributed by atoms with Gasteiger partial charge in [-0.3, -0.25) is 0 Å². The normalized spacial score (nSPS) is 11.7. The van der Waals surface area contributed by atoms with Crippen molar-refractivity contribution in [2.75, 3.05) is 0 Å². The lowest BCUT2D eigenvalue weighted by Gasteiger charge is -2.22. The van der Waals surface area contributed by atoms with Gasteiger partial charge in [0.25, 0.3) is 0 Å². The van der Waals surface area contributed by atoms with Crippen molar-refractivity contribution >= 4 is 43.6 Å². The molecule has 0 aliphatic carbocycles. The Morgan fingerprint density at radius 2 is 0.603 bits per heavy atom. The van der Waals surface area contributed by atoms with Crippen LogP contribution < -0.4 is 0 Å². The Bertz CT molecular complexity index is 3730. The molecule has 0 saturated heterocycles. The number of fused-ring (bicyclic) bond motifs is 6. The summed E-state index contributed by atoms with van der Waals surface area (Å²) in [6.45, 7) is 1.85. The van der Waals surface area contributed by atoms with E-state index in [1.807, 2.05) is 133 Å². The van der Waals surface area contributed by atoms with Crippen LogP contribution in [-0.4, -0.2) is 9.13 Å². The fourth-order valence-electron chi connectivity index (χ4n) is 10.1. The van der Waals surface area contributed by atoms with E-state index in [0.717, 1.165) is 77.1 Å². The number of halogens is 5. The maximum atomic E-state index is 16.4. The first-order chi connectivity index (χ1) is 33.2. The van der Waals surface area contributed by atoms with Crippen molar-refractivity contribution in [2.24, 2.45) is 0 Å². The van der Waals surface area contributed by atoms with E-state index in [1.165, 1.54) is 6.07 Å². The van der Waals surface area contributed by atoms with Crippen LogP contribution in [0.5, 0.6) is 0 Å². The zero-order valence-corrected chi connectivity index (χ0v) is 36.4.